The van der Waals surface area contributed by atoms with Crippen LogP contribution in [0.4, 0.5) is 16.2 Å². The van der Waals surface area contributed by atoms with Gasteiger partial charge in [0.1, 0.15) is 0 Å². The number of nitrogens with zero attached hydrogens (tertiary/aromatic N) is 1. The number of likely N-dealkylation sites (tertiary alicyclic amines) is 1. The van der Waals surface area contributed by atoms with Gasteiger partial charge in [-0.15, -0.1) is 6.42 Å². The third kappa shape index (κ3) is 4.18. The highest BCUT2D eigenvalue weighted by Gasteiger charge is 2.18. The van der Waals surface area contributed by atoms with Crippen molar-refractivity contribution in [2.24, 2.45) is 5.73 Å². The average Bonchev–Trinajstić information content (AvgIpc) is 2.43. The normalized spacial score (nSPS) is 16.4. The summed E-state index contributed by atoms with van der Waals surface area (Å²) in [6.45, 7) is 2.80. The zero-order valence-electron chi connectivity index (χ0n) is 11.4. The highest BCUT2D eigenvalue weighted by molar-refractivity contribution is 5.87. The number of hydrogen-bond acceptors (Lipinski definition) is 3. The summed E-state index contributed by atoms with van der Waals surface area (Å²) >= 11 is 0. The molecule has 2 rings (SSSR count). The summed E-state index contributed by atoms with van der Waals surface area (Å²) in [5.74, 6) is 2.68. The first-order valence-corrected chi connectivity index (χ1v) is 6.76. The van der Waals surface area contributed by atoms with Gasteiger partial charge in [0.15, 0.2) is 0 Å². The third-order valence-electron chi connectivity index (χ3n) is 3.43. The minimum atomic E-state index is -0.549. The second-order valence-corrected chi connectivity index (χ2v) is 4.97. The maximum atomic E-state index is 10.7. The van der Waals surface area contributed by atoms with Gasteiger partial charge >= 0.3 is 6.03 Å². The molecule has 0 aromatic heterocycles. The lowest BCUT2D eigenvalue weighted by molar-refractivity contribution is 0.243. The standard InChI is InChI=1S/C15H20N4O/c1-2-9-19-10-7-14(8-11-19)17-12-3-5-13(6-4-12)18-15(16)20/h1,3-6,14,17H,7-11H2,(H3,16,18,20). The van der Waals surface area contributed by atoms with Crippen LogP contribution in [0.1, 0.15) is 12.8 Å². The molecule has 0 bridgehead atoms. The van der Waals surface area contributed by atoms with Gasteiger partial charge in [-0.3, -0.25) is 4.90 Å². The number of urea groups is 1. The van der Waals surface area contributed by atoms with Crippen molar-refractivity contribution in [3.05, 3.63) is 24.3 Å². The topological polar surface area (TPSA) is 70.4 Å². The van der Waals surface area contributed by atoms with E-state index < -0.39 is 6.03 Å². The van der Waals surface area contributed by atoms with Gasteiger partial charge in [0.25, 0.3) is 0 Å². The van der Waals surface area contributed by atoms with Crippen LogP contribution in [0, 0.1) is 12.3 Å². The number of nitrogens with two attached hydrogens (primary N) is 1. The lowest BCUT2D eigenvalue weighted by Crippen LogP contribution is -2.39. The molecule has 1 heterocycles. The summed E-state index contributed by atoms with van der Waals surface area (Å²) < 4.78 is 0. The van der Waals surface area contributed by atoms with Gasteiger partial charge < -0.3 is 16.4 Å². The summed E-state index contributed by atoms with van der Waals surface area (Å²) in [6.07, 6.45) is 7.49. The summed E-state index contributed by atoms with van der Waals surface area (Å²) in [6, 6.07) is 7.48. The van der Waals surface area contributed by atoms with Crippen molar-refractivity contribution in [2.75, 3.05) is 30.3 Å². The number of benzene rings is 1. The molecule has 2 amide bonds. The highest BCUT2D eigenvalue weighted by atomic mass is 16.2. The van der Waals surface area contributed by atoms with Crippen LogP contribution in [0.2, 0.25) is 0 Å². The van der Waals surface area contributed by atoms with Gasteiger partial charge in [0.2, 0.25) is 0 Å². The maximum Gasteiger partial charge on any atom is 0.316 e. The van der Waals surface area contributed by atoms with E-state index in [0.717, 1.165) is 38.2 Å². The first-order valence-electron chi connectivity index (χ1n) is 6.76. The van der Waals surface area contributed by atoms with Gasteiger partial charge in [-0.25, -0.2) is 4.79 Å². The molecule has 4 N–H and O–H groups in total. The van der Waals surface area contributed by atoms with E-state index in [2.05, 4.69) is 21.5 Å². The van der Waals surface area contributed by atoms with Gasteiger partial charge in [0.05, 0.1) is 6.54 Å². The summed E-state index contributed by atoms with van der Waals surface area (Å²) in [7, 11) is 0. The molecule has 20 heavy (non-hydrogen) atoms. The van der Waals surface area contributed by atoms with E-state index in [0.29, 0.717) is 11.7 Å². The fraction of sp³-hybridized carbons (Fsp3) is 0.400. The first-order chi connectivity index (χ1) is 9.67. The number of hydrogen-bond donors (Lipinski definition) is 3. The van der Waals surface area contributed by atoms with Crippen molar-refractivity contribution < 1.29 is 4.79 Å². The molecule has 0 radical (unpaired) electrons. The molecule has 0 saturated carbocycles. The second kappa shape index (κ2) is 6.83. The van der Waals surface area contributed by atoms with Crippen molar-refractivity contribution in [2.45, 2.75) is 18.9 Å². The SMILES string of the molecule is C#CCN1CCC(Nc2ccc(NC(N)=O)cc2)CC1. The Hall–Kier alpha value is -2.19. The summed E-state index contributed by atoms with van der Waals surface area (Å²) in [5, 5.41) is 6.04. The molecule has 0 spiro atoms. The lowest BCUT2D eigenvalue weighted by Gasteiger charge is -2.31. The van der Waals surface area contributed by atoms with Crippen LogP contribution in [0.15, 0.2) is 24.3 Å². The molecule has 0 unspecified atom stereocenters. The number of carbonyl (C=O) groups is 1. The largest absolute Gasteiger partial charge is 0.382 e. The van der Waals surface area contributed by atoms with E-state index >= 15 is 0 Å². The molecule has 1 aliphatic rings. The molecule has 5 nitrogen and oxygen atoms in total. The van der Waals surface area contributed by atoms with Crippen molar-refractivity contribution in [3.63, 3.8) is 0 Å². The smallest absolute Gasteiger partial charge is 0.316 e. The maximum absolute atomic E-state index is 10.7. The van der Waals surface area contributed by atoms with Crippen LogP contribution in [0.5, 0.6) is 0 Å². The summed E-state index contributed by atoms with van der Waals surface area (Å²) in [4.78, 5) is 13.0. The predicted molar refractivity (Wildman–Crippen MR) is 81.6 cm³/mol. The van der Waals surface area contributed by atoms with E-state index in [-0.39, 0.29) is 0 Å². The molecule has 1 saturated heterocycles. The van der Waals surface area contributed by atoms with Crippen LogP contribution in [0.25, 0.3) is 0 Å². The van der Waals surface area contributed by atoms with E-state index in [1.54, 1.807) is 0 Å². The van der Waals surface area contributed by atoms with Crippen molar-refractivity contribution in [1.82, 2.24) is 4.90 Å². The van der Waals surface area contributed by atoms with Crippen LogP contribution in [-0.4, -0.2) is 36.6 Å². The fourth-order valence-electron chi connectivity index (χ4n) is 2.39. The zero-order chi connectivity index (χ0) is 14.4. The van der Waals surface area contributed by atoms with Crippen molar-refractivity contribution >= 4 is 17.4 Å². The highest BCUT2D eigenvalue weighted by Crippen LogP contribution is 2.18. The van der Waals surface area contributed by atoms with Crippen LogP contribution < -0.4 is 16.4 Å². The molecule has 0 aliphatic carbocycles. The molecule has 5 heteroatoms. The van der Waals surface area contributed by atoms with Crippen molar-refractivity contribution in [1.29, 1.82) is 0 Å². The van der Waals surface area contributed by atoms with Crippen molar-refractivity contribution in [3.8, 4) is 12.3 Å². The fourth-order valence-corrected chi connectivity index (χ4v) is 2.39. The van der Waals surface area contributed by atoms with E-state index in [4.69, 9.17) is 12.2 Å². The van der Waals surface area contributed by atoms with Gasteiger partial charge in [0, 0.05) is 30.5 Å². The lowest BCUT2D eigenvalue weighted by atomic mass is 10.0. The Morgan fingerprint density at radius 1 is 1.30 bits per heavy atom. The minimum Gasteiger partial charge on any atom is -0.382 e. The number of amides is 2. The van der Waals surface area contributed by atoms with Crippen LogP contribution in [0.3, 0.4) is 0 Å². The van der Waals surface area contributed by atoms with E-state index in [9.17, 15) is 4.79 Å². The molecule has 106 valence electrons. The number of terminal acetylenes is 1. The van der Waals surface area contributed by atoms with E-state index in [1.807, 2.05) is 24.3 Å². The van der Waals surface area contributed by atoms with Crippen LogP contribution >= 0.6 is 0 Å². The summed E-state index contributed by atoms with van der Waals surface area (Å²) in [5.41, 5.74) is 6.82. The molecule has 1 aromatic rings. The van der Waals surface area contributed by atoms with Gasteiger partial charge in [-0.2, -0.15) is 0 Å². The third-order valence-corrected chi connectivity index (χ3v) is 3.43. The Morgan fingerprint density at radius 3 is 2.45 bits per heavy atom. The number of carbonyl (C=O) groups excluding carboxylic acids is 1. The molecule has 1 aliphatic heterocycles. The number of rotatable bonds is 4. The Bertz CT molecular complexity index is 484. The number of primary amides is 1. The minimum absolute atomic E-state index is 0.471. The second-order valence-electron chi connectivity index (χ2n) is 4.97. The Balaban J connectivity index is 1.82. The molecular formula is C15H20N4O. The Kier molecular flexibility index (Phi) is 4.85. The van der Waals surface area contributed by atoms with E-state index in [1.165, 1.54) is 0 Å². The Labute approximate surface area is 119 Å². The van der Waals surface area contributed by atoms with Crippen LogP contribution in [-0.2, 0) is 0 Å². The molecule has 1 aromatic carbocycles. The van der Waals surface area contributed by atoms with Gasteiger partial charge in [-0.05, 0) is 37.1 Å². The molecular weight excluding hydrogens is 252 g/mol. The van der Waals surface area contributed by atoms with Gasteiger partial charge in [-0.1, -0.05) is 5.92 Å². The first kappa shape index (κ1) is 14.2. The molecule has 0 atom stereocenters. The number of piperidine rings is 1. The Morgan fingerprint density at radius 2 is 1.90 bits per heavy atom. The quantitative estimate of drug-likeness (QED) is 0.730. The average molecular weight is 272 g/mol. The number of nitrogens with one attached hydrogen (secondary N) is 2. The number of anilines is 2. The predicted octanol–water partition coefficient (Wildman–Crippen LogP) is 1.69. The zero-order valence-corrected chi connectivity index (χ0v) is 11.4. The molecule has 1 fully saturated rings. The monoisotopic (exact) mass is 272 g/mol.